The number of anilines is 2. The third kappa shape index (κ3) is 2.54. The number of aromatic amines is 1. The van der Waals surface area contributed by atoms with Crippen LogP contribution in [0.15, 0.2) is 23.0 Å². The Morgan fingerprint density at radius 3 is 2.90 bits per heavy atom. The Morgan fingerprint density at radius 1 is 1.29 bits per heavy atom. The molecule has 0 spiro atoms. The maximum absolute atomic E-state index is 12.2. The lowest BCUT2D eigenvalue weighted by Gasteiger charge is -2.20. The van der Waals surface area contributed by atoms with Gasteiger partial charge in [-0.25, -0.2) is 4.98 Å². The summed E-state index contributed by atoms with van der Waals surface area (Å²) >= 11 is 0. The zero-order valence-electron chi connectivity index (χ0n) is 11.8. The quantitative estimate of drug-likeness (QED) is 0.729. The third-order valence-corrected chi connectivity index (χ3v) is 3.69. The molecule has 1 saturated heterocycles. The summed E-state index contributed by atoms with van der Waals surface area (Å²) in [6, 6.07) is 5.03. The maximum Gasteiger partial charge on any atom is 0.260 e. The monoisotopic (exact) mass is 287 g/mol. The Morgan fingerprint density at radius 2 is 2.10 bits per heavy atom. The van der Waals surface area contributed by atoms with E-state index in [1.165, 1.54) is 0 Å². The molecular formula is C14H17N5O2. The number of nitrogens with zero attached hydrogens (tertiary/aromatic N) is 3. The second-order valence-electron chi connectivity index (χ2n) is 5.26. The Hall–Kier alpha value is -2.57. The number of aromatic nitrogens is 2. The zero-order valence-corrected chi connectivity index (χ0v) is 11.8. The highest BCUT2D eigenvalue weighted by Gasteiger charge is 2.21. The first-order chi connectivity index (χ1) is 10.0. The van der Waals surface area contributed by atoms with Crippen molar-refractivity contribution in [3.63, 3.8) is 0 Å². The number of likely N-dealkylation sites (N-methyl/N-ethyl adjacent to an activating group) is 1. The van der Waals surface area contributed by atoms with E-state index in [0.717, 1.165) is 6.42 Å². The minimum Gasteiger partial charge on any atom is -0.399 e. The van der Waals surface area contributed by atoms with E-state index in [9.17, 15) is 9.59 Å². The number of fused-ring (bicyclic) bond motifs is 1. The molecule has 0 aliphatic carbocycles. The molecule has 3 rings (SSSR count). The lowest BCUT2D eigenvalue weighted by molar-refractivity contribution is -0.127. The summed E-state index contributed by atoms with van der Waals surface area (Å²) in [6.45, 7) is 1.61. The summed E-state index contributed by atoms with van der Waals surface area (Å²) in [5.74, 6) is 0.452. The first-order valence-corrected chi connectivity index (χ1v) is 6.83. The molecule has 3 N–H and O–H groups in total. The first-order valence-electron chi connectivity index (χ1n) is 6.83. The molecule has 7 heteroatoms. The van der Waals surface area contributed by atoms with Gasteiger partial charge in [0.15, 0.2) is 0 Å². The summed E-state index contributed by atoms with van der Waals surface area (Å²) in [7, 11) is 1.78. The van der Waals surface area contributed by atoms with Crippen LogP contribution in [0, 0.1) is 0 Å². The van der Waals surface area contributed by atoms with Crippen molar-refractivity contribution in [1.29, 1.82) is 0 Å². The van der Waals surface area contributed by atoms with E-state index in [0.29, 0.717) is 35.6 Å². The molecule has 110 valence electrons. The maximum atomic E-state index is 12.2. The minimum absolute atomic E-state index is 0.0209. The van der Waals surface area contributed by atoms with Gasteiger partial charge < -0.3 is 15.5 Å². The van der Waals surface area contributed by atoms with Crippen molar-refractivity contribution in [3.05, 3.63) is 28.6 Å². The normalized spacial score (nSPS) is 16.3. The van der Waals surface area contributed by atoms with Gasteiger partial charge in [-0.3, -0.25) is 14.6 Å². The van der Waals surface area contributed by atoms with Crippen molar-refractivity contribution < 1.29 is 4.79 Å². The number of nitrogens with one attached hydrogen (secondary N) is 1. The number of hydrogen-bond donors (Lipinski definition) is 2. The lowest BCUT2D eigenvalue weighted by Crippen LogP contribution is -2.35. The van der Waals surface area contributed by atoms with Crippen LogP contribution in [-0.2, 0) is 4.79 Å². The molecule has 0 unspecified atom stereocenters. The van der Waals surface area contributed by atoms with Crippen molar-refractivity contribution in [2.24, 2.45) is 0 Å². The van der Waals surface area contributed by atoms with Crippen LogP contribution in [0.25, 0.3) is 10.9 Å². The Labute approximate surface area is 121 Å². The van der Waals surface area contributed by atoms with Crippen molar-refractivity contribution in [2.75, 3.05) is 37.3 Å². The van der Waals surface area contributed by atoms with E-state index in [1.54, 1.807) is 30.1 Å². The summed E-state index contributed by atoms with van der Waals surface area (Å²) in [5.41, 5.74) is 6.54. The smallest absolute Gasteiger partial charge is 0.260 e. The predicted molar refractivity (Wildman–Crippen MR) is 81.2 cm³/mol. The highest BCUT2D eigenvalue weighted by molar-refractivity contribution is 5.83. The van der Waals surface area contributed by atoms with Crippen LogP contribution < -0.4 is 16.2 Å². The molecular weight excluding hydrogens is 270 g/mol. The second kappa shape index (κ2) is 5.08. The molecule has 0 radical (unpaired) electrons. The van der Waals surface area contributed by atoms with Gasteiger partial charge in [-0.1, -0.05) is 0 Å². The SMILES string of the molecule is CN1CCCN(c2nc3ccc(N)cc3c(=O)[nH]2)CC1=O. The molecule has 0 atom stereocenters. The first kappa shape index (κ1) is 13.4. The average molecular weight is 287 g/mol. The predicted octanol–water partition coefficient (Wildman–Crippen LogP) is 0.174. The van der Waals surface area contributed by atoms with Gasteiger partial charge in [0.1, 0.15) is 0 Å². The van der Waals surface area contributed by atoms with Gasteiger partial charge in [0, 0.05) is 25.8 Å². The van der Waals surface area contributed by atoms with Crippen LogP contribution in [0.3, 0.4) is 0 Å². The van der Waals surface area contributed by atoms with E-state index in [-0.39, 0.29) is 18.0 Å². The number of rotatable bonds is 1. The van der Waals surface area contributed by atoms with E-state index in [4.69, 9.17) is 5.73 Å². The topological polar surface area (TPSA) is 95.3 Å². The fourth-order valence-electron chi connectivity index (χ4n) is 2.46. The fourth-order valence-corrected chi connectivity index (χ4v) is 2.46. The molecule has 1 fully saturated rings. The molecule has 2 heterocycles. The van der Waals surface area contributed by atoms with Gasteiger partial charge in [0.25, 0.3) is 5.56 Å². The lowest BCUT2D eigenvalue weighted by atomic mass is 10.2. The number of nitrogen functional groups attached to an aromatic ring is 1. The van der Waals surface area contributed by atoms with Gasteiger partial charge in [-0.05, 0) is 24.6 Å². The number of H-pyrrole nitrogens is 1. The summed E-state index contributed by atoms with van der Waals surface area (Å²) < 4.78 is 0. The van der Waals surface area contributed by atoms with Gasteiger partial charge in [-0.2, -0.15) is 0 Å². The summed E-state index contributed by atoms with van der Waals surface area (Å²) in [5, 5.41) is 0.456. The summed E-state index contributed by atoms with van der Waals surface area (Å²) in [4.78, 5) is 34.8. The summed E-state index contributed by atoms with van der Waals surface area (Å²) in [6.07, 6.45) is 0.839. The molecule has 1 aromatic heterocycles. The third-order valence-electron chi connectivity index (χ3n) is 3.69. The van der Waals surface area contributed by atoms with Crippen LogP contribution in [-0.4, -0.2) is 47.5 Å². The van der Waals surface area contributed by atoms with Gasteiger partial charge in [0.05, 0.1) is 17.4 Å². The molecule has 1 aromatic carbocycles. The Bertz CT molecular complexity index is 755. The highest BCUT2D eigenvalue weighted by Crippen LogP contribution is 2.16. The number of carbonyl (C=O) groups excluding carboxylic acids is 1. The highest BCUT2D eigenvalue weighted by atomic mass is 16.2. The van der Waals surface area contributed by atoms with Gasteiger partial charge in [0.2, 0.25) is 11.9 Å². The van der Waals surface area contributed by atoms with E-state index >= 15 is 0 Å². The Balaban J connectivity index is 2.02. The van der Waals surface area contributed by atoms with Crippen LogP contribution in [0.4, 0.5) is 11.6 Å². The number of nitrogens with two attached hydrogens (primary N) is 1. The molecule has 0 bridgehead atoms. The number of benzene rings is 1. The minimum atomic E-state index is -0.243. The van der Waals surface area contributed by atoms with E-state index in [2.05, 4.69) is 9.97 Å². The van der Waals surface area contributed by atoms with Crippen LogP contribution in [0.2, 0.25) is 0 Å². The molecule has 1 aliphatic heterocycles. The molecule has 1 aliphatic rings. The van der Waals surface area contributed by atoms with Crippen LogP contribution >= 0.6 is 0 Å². The van der Waals surface area contributed by atoms with Crippen LogP contribution in [0.1, 0.15) is 6.42 Å². The van der Waals surface area contributed by atoms with Crippen molar-refractivity contribution in [2.45, 2.75) is 6.42 Å². The standard InChI is InChI=1S/C14H17N5O2/c1-18-5-2-6-19(8-12(18)20)14-16-11-4-3-9(15)7-10(11)13(21)17-14/h3-4,7H,2,5-6,8,15H2,1H3,(H,16,17,21). The molecule has 2 aromatic rings. The largest absolute Gasteiger partial charge is 0.399 e. The van der Waals surface area contributed by atoms with E-state index < -0.39 is 0 Å². The fraction of sp³-hybridized carbons (Fsp3) is 0.357. The van der Waals surface area contributed by atoms with Gasteiger partial charge in [-0.15, -0.1) is 0 Å². The number of amides is 1. The zero-order chi connectivity index (χ0) is 15.0. The van der Waals surface area contributed by atoms with Crippen LogP contribution in [0.5, 0.6) is 0 Å². The second-order valence-corrected chi connectivity index (χ2v) is 5.26. The van der Waals surface area contributed by atoms with Crippen molar-refractivity contribution in [1.82, 2.24) is 14.9 Å². The average Bonchev–Trinajstić information content (AvgIpc) is 2.62. The molecule has 0 saturated carbocycles. The van der Waals surface area contributed by atoms with Crippen molar-refractivity contribution >= 4 is 28.4 Å². The van der Waals surface area contributed by atoms with Gasteiger partial charge >= 0.3 is 0 Å². The molecule has 7 nitrogen and oxygen atoms in total. The Kier molecular flexibility index (Phi) is 3.25. The molecule has 21 heavy (non-hydrogen) atoms. The number of hydrogen-bond acceptors (Lipinski definition) is 5. The number of carbonyl (C=O) groups is 1. The van der Waals surface area contributed by atoms with E-state index in [1.807, 2.05) is 4.90 Å². The molecule has 1 amide bonds. The van der Waals surface area contributed by atoms with Crippen molar-refractivity contribution in [3.8, 4) is 0 Å².